The molecule has 0 saturated carbocycles. The van der Waals surface area contributed by atoms with E-state index in [0.29, 0.717) is 17.8 Å². The van der Waals surface area contributed by atoms with Crippen molar-refractivity contribution in [3.63, 3.8) is 0 Å². The molecule has 1 atom stereocenters. The molecule has 5 heteroatoms. The molecule has 19 heavy (non-hydrogen) atoms. The van der Waals surface area contributed by atoms with Gasteiger partial charge < -0.3 is 16.2 Å². The summed E-state index contributed by atoms with van der Waals surface area (Å²) >= 11 is 0. The average Bonchev–Trinajstić information content (AvgIpc) is 2.46. The Hall–Kier alpha value is -1.46. The summed E-state index contributed by atoms with van der Waals surface area (Å²) in [5.74, 6) is 0.0134. The van der Waals surface area contributed by atoms with Crippen LogP contribution in [0.5, 0.6) is 0 Å². The number of nitrogens with two attached hydrogens (primary N) is 1. The normalized spacial score (nSPS) is 12.5. The third-order valence-corrected chi connectivity index (χ3v) is 3.35. The van der Waals surface area contributed by atoms with Crippen molar-refractivity contribution in [1.82, 2.24) is 10.3 Å². The lowest BCUT2D eigenvalue weighted by Gasteiger charge is -2.20. The van der Waals surface area contributed by atoms with Crippen LogP contribution >= 0.6 is 0 Å². The Bertz CT molecular complexity index is 405. The smallest absolute Gasteiger partial charge is 0.251 e. The molecular formula is C14H23N3O2. The van der Waals surface area contributed by atoms with Crippen molar-refractivity contribution in [1.29, 1.82) is 0 Å². The summed E-state index contributed by atoms with van der Waals surface area (Å²) in [6, 6.07) is 3.30. The van der Waals surface area contributed by atoms with Gasteiger partial charge in [0.05, 0.1) is 11.8 Å². The Morgan fingerprint density at radius 1 is 1.47 bits per heavy atom. The minimum atomic E-state index is -0.505. The molecule has 0 saturated heterocycles. The molecule has 0 aromatic carbocycles. The largest absolute Gasteiger partial charge is 0.391 e. The maximum absolute atomic E-state index is 11.9. The molecule has 0 aliphatic heterocycles. The van der Waals surface area contributed by atoms with E-state index in [1.807, 2.05) is 13.8 Å². The molecule has 0 radical (unpaired) electrons. The van der Waals surface area contributed by atoms with Crippen molar-refractivity contribution in [2.75, 3.05) is 6.54 Å². The third-order valence-electron chi connectivity index (χ3n) is 3.35. The SMILES string of the molecule is CCC(CC)C(O)CNC(=O)c1ccnc(CN)c1. The van der Waals surface area contributed by atoms with E-state index in [4.69, 9.17) is 5.73 Å². The van der Waals surface area contributed by atoms with Crippen LogP contribution in [0.4, 0.5) is 0 Å². The topological polar surface area (TPSA) is 88.2 Å². The third kappa shape index (κ3) is 4.61. The van der Waals surface area contributed by atoms with E-state index >= 15 is 0 Å². The molecular weight excluding hydrogens is 242 g/mol. The predicted octanol–water partition coefficient (Wildman–Crippen LogP) is 1.07. The van der Waals surface area contributed by atoms with E-state index in [1.54, 1.807) is 18.3 Å². The number of hydrogen-bond donors (Lipinski definition) is 3. The second-order valence-corrected chi connectivity index (χ2v) is 4.59. The Morgan fingerprint density at radius 3 is 2.74 bits per heavy atom. The fourth-order valence-corrected chi connectivity index (χ4v) is 2.03. The molecule has 5 nitrogen and oxygen atoms in total. The highest BCUT2D eigenvalue weighted by Gasteiger charge is 2.16. The van der Waals surface area contributed by atoms with Crippen LogP contribution in [0.1, 0.15) is 42.7 Å². The van der Waals surface area contributed by atoms with E-state index in [1.165, 1.54) is 0 Å². The van der Waals surface area contributed by atoms with E-state index in [-0.39, 0.29) is 18.4 Å². The van der Waals surface area contributed by atoms with Gasteiger partial charge in [0.2, 0.25) is 0 Å². The number of aromatic nitrogens is 1. The zero-order valence-corrected chi connectivity index (χ0v) is 11.6. The number of nitrogens with zero attached hydrogens (tertiary/aromatic N) is 1. The van der Waals surface area contributed by atoms with Crippen LogP contribution in [0.2, 0.25) is 0 Å². The van der Waals surface area contributed by atoms with Crippen LogP contribution in [0.3, 0.4) is 0 Å². The van der Waals surface area contributed by atoms with Crippen LogP contribution in [-0.4, -0.2) is 28.6 Å². The summed E-state index contributed by atoms with van der Waals surface area (Å²) in [6.45, 7) is 4.65. The highest BCUT2D eigenvalue weighted by atomic mass is 16.3. The van der Waals surface area contributed by atoms with Gasteiger partial charge >= 0.3 is 0 Å². The highest BCUT2D eigenvalue weighted by Crippen LogP contribution is 2.12. The fraction of sp³-hybridized carbons (Fsp3) is 0.571. The monoisotopic (exact) mass is 265 g/mol. The number of rotatable bonds is 7. The number of hydrogen-bond acceptors (Lipinski definition) is 4. The first kappa shape index (κ1) is 15.6. The van der Waals surface area contributed by atoms with E-state index in [0.717, 1.165) is 12.8 Å². The zero-order valence-electron chi connectivity index (χ0n) is 11.6. The van der Waals surface area contributed by atoms with Crippen LogP contribution < -0.4 is 11.1 Å². The lowest BCUT2D eigenvalue weighted by molar-refractivity contribution is 0.0816. The Kier molecular flexibility index (Phi) is 6.45. The summed E-state index contributed by atoms with van der Waals surface area (Å²) in [4.78, 5) is 16.0. The predicted molar refractivity (Wildman–Crippen MR) is 74.5 cm³/mol. The fourth-order valence-electron chi connectivity index (χ4n) is 2.03. The second kappa shape index (κ2) is 7.86. The van der Waals surface area contributed by atoms with Crippen molar-refractivity contribution in [2.45, 2.75) is 39.3 Å². The van der Waals surface area contributed by atoms with Gasteiger partial charge in [-0.3, -0.25) is 9.78 Å². The number of pyridine rings is 1. The first-order chi connectivity index (χ1) is 9.12. The van der Waals surface area contributed by atoms with Gasteiger partial charge in [-0.05, 0) is 18.1 Å². The lowest BCUT2D eigenvalue weighted by Crippen LogP contribution is -2.36. The first-order valence-electron chi connectivity index (χ1n) is 6.73. The molecule has 4 N–H and O–H groups in total. The summed E-state index contributed by atoms with van der Waals surface area (Å²) in [6.07, 6.45) is 2.86. The summed E-state index contributed by atoms with van der Waals surface area (Å²) in [7, 11) is 0. The Labute approximate surface area is 114 Å². The average molecular weight is 265 g/mol. The molecule has 1 aromatic rings. The van der Waals surface area contributed by atoms with Gasteiger partial charge in [0.25, 0.3) is 5.91 Å². The quantitative estimate of drug-likeness (QED) is 0.688. The molecule has 1 amide bonds. The zero-order chi connectivity index (χ0) is 14.3. The Morgan fingerprint density at radius 2 is 2.16 bits per heavy atom. The molecule has 0 aliphatic carbocycles. The van der Waals surface area contributed by atoms with Gasteiger partial charge in [0.1, 0.15) is 0 Å². The standard InChI is InChI=1S/C14H23N3O2/c1-3-10(4-2)13(18)9-17-14(19)11-5-6-16-12(7-11)8-15/h5-7,10,13,18H,3-4,8-9,15H2,1-2H3,(H,17,19). The Balaban J connectivity index is 2.55. The minimum Gasteiger partial charge on any atom is -0.391 e. The highest BCUT2D eigenvalue weighted by molar-refractivity contribution is 5.94. The molecule has 1 heterocycles. The van der Waals surface area contributed by atoms with Gasteiger partial charge in [-0.1, -0.05) is 26.7 Å². The van der Waals surface area contributed by atoms with Gasteiger partial charge in [-0.15, -0.1) is 0 Å². The van der Waals surface area contributed by atoms with E-state index < -0.39 is 6.10 Å². The van der Waals surface area contributed by atoms with E-state index in [2.05, 4.69) is 10.3 Å². The number of amides is 1. The number of aliphatic hydroxyl groups is 1. The summed E-state index contributed by atoms with van der Waals surface area (Å²) < 4.78 is 0. The van der Waals surface area contributed by atoms with Crippen molar-refractivity contribution < 1.29 is 9.90 Å². The van der Waals surface area contributed by atoms with Gasteiger partial charge in [-0.25, -0.2) is 0 Å². The van der Waals surface area contributed by atoms with Crippen molar-refractivity contribution in [2.24, 2.45) is 11.7 Å². The molecule has 0 aliphatic rings. The molecule has 1 rings (SSSR count). The second-order valence-electron chi connectivity index (χ2n) is 4.59. The number of nitrogens with one attached hydrogen (secondary N) is 1. The first-order valence-corrected chi connectivity index (χ1v) is 6.73. The van der Waals surface area contributed by atoms with Gasteiger partial charge in [0, 0.05) is 24.8 Å². The lowest BCUT2D eigenvalue weighted by atomic mass is 9.96. The number of carbonyl (C=O) groups is 1. The van der Waals surface area contributed by atoms with Crippen LogP contribution in [-0.2, 0) is 6.54 Å². The van der Waals surface area contributed by atoms with Crippen LogP contribution in [0.15, 0.2) is 18.3 Å². The molecule has 0 spiro atoms. The van der Waals surface area contributed by atoms with Gasteiger partial charge in [-0.2, -0.15) is 0 Å². The summed E-state index contributed by atoms with van der Waals surface area (Å²) in [5.41, 5.74) is 6.68. The molecule has 106 valence electrons. The molecule has 0 bridgehead atoms. The van der Waals surface area contributed by atoms with Crippen molar-refractivity contribution in [3.05, 3.63) is 29.6 Å². The van der Waals surface area contributed by atoms with Crippen LogP contribution in [0.25, 0.3) is 0 Å². The minimum absolute atomic E-state index is 0.206. The summed E-state index contributed by atoms with van der Waals surface area (Å²) in [5, 5.41) is 12.7. The van der Waals surface area contributed by atoms with Gasteiger partial charge in [0.15, 0.2) is 0 Å². The molecule has 1 aromatic heterocycles. The van der Waals surface area contributed by atoms with Crippen molar-refractivity contribution in [3.8, 4) is 0 Å². The maximum atomic E-state index is 11.9. The van der Waals surface area contributed by atoms with Crippen molar-refractivity contribution >= 4 is 5.91 Å². The van der Waals surface area contributed by atoms with Crippen LogP contribution in [0, 0.1) is 5.92 Å². The molecule has 1 unspecified atom stereocenters. The number of aliphatic hydroxyl groups excluding tert-OH is 1. The maximum Gasteiger partial charge on any atom is 0.251 e. The number of carbonyl (C=O) groups excluding carboxylic acids is 1. The van der Waals surface area contributed by atoms with E-state index in [9.17, 15) is 9.90 Å². The molecule has 0 fully saturated rings.